The third-order valence-electron chi connectivity index (χ3n) is 7.15. The van der Waals surface area contributed by atoms with Crippen molar-refractivity contribution >= 4 is 24.3 Å². The molecule has 4 rings (SSSR count). The summed E-state index contributed by atoms with van der Waals surface area (Å²) in [5.41, 5.74) is 1.98. The molecule has 0 atom stereocenters. The third kappa shape index (κ3) is 6.10. The summed E-state index contributed by atoms with van der Waals surface area (Å²) in [7, 11) is 0.445. The summed E-state index contributed by atoms with van der Waals surface area (Å²) in [6, 6.07) is 3.60. The van der Waals surface area contributed by atoms with Gasteiger partial charge in [0.15, 0.2) is 13.0 Å². The third-order valence-corrected chi connectivity index (χ3v) is 7.15. The Labute approximate surface area is 237 Å². The van der Waals surface area contributed by atoms with Crippen molar-refractivity contribution in [2.24, 2.45) is 5.92 Å². The number of amides is 1. The van der Waals surface area contributed by atoms with Gasteiger partial charge in [0.25, 0.3) is 5.91 Å². The summed E-state index contributed by atoms with van der Waals surface area (Å²) in [4.78, 5) is 14.4. The first-order chi connectivity index (χ1) is 19.1. The van der Waals surface area contributed by atoms with Gasteiger partial charge in [0.1, 0.15) is 11.3 Å². The number of allylic oxidation sites excluding steroid dienone is 4. The van der Waals surface area contributed by atoms with Gasteiger partial charge in [-0.25, -0.2) is 9.58 Å². The first-order valence-corrected chi connectivity index (χ1v) is 13.3. The van der Waals surface area contributed by atoms with Crippen LogP contribution >= 0.6 is 0 Å². The average molecular weight is 573 g/mol. The molecule has 0 radical (unpaired) electrons. The maximum atomic E-state index is 14.1. The van der Waals surface area contributed by atoms with Crippen LogP contribution in [0.2, 0.25) is 0 Å². The standard InChI is InChI=1S/C27H36BN3O10/c1-5-7-17(6-2)30-23-18-9-16(8-15(3)4)21(32)10-20(18)28-11-19(23)22(29-30)24(33)31(26(34,35)36)25(12-40-13-25)14-41-27(37,38)39/h5-7,9-10,15,28,32,34-39H,8,11-14H2,1-4H3/b7-5-,17-6+. The molecule has 41 heavy (non-hydrogen) atoms. The number of nitrogens with zero attached hydrogens (tertiary/aromatic N) is 3. The molecule has 3 heterocycles. The van der Waals surface area contributed by atoms with E-state index in [2.05, 4.69) is 9.84 Å². The minimum Gasteiger partial charge on any atom is -0.508 e. The number of phenols is 1. The summed E-state index contributed by atoms with van der Waals surface area (Å²) in [5.74, 6) is -0.657. The number of hydrogen-bond donors (Lipinski definition) is 7. The van der Waals surface area contributed by atoms with Gasteiger partial charge in [-0.05, 0) is 61.8 Å². The lowest BCUT2D eigenvalue weighted by Crippen LogP contribution is -2.73. The van der Waals surface area contributed by atoms with E-state index in [1.165, 1.54) is 0 Å². The van der Waals surface area contributed by atoms with Gasteiger partial charge in [0, 0.05) is 5.56 Å². The summed E-state index contributed by atoms with van der Waals surface area (Å²) in [6.45, 7) is 6.07. The molecule has 7 N–H and O–H groups in total. The molecule has 2 aliphatic rings. The number of aliphatic hydroxyl groups is 6. The predicted octanol–water partition coefficient (Wildman–Crippen LogP) is -1.13. The molecule has 0 aliphatic carbocycles. The number of hydrogen-bond acceptors (Lipinski definition) is 11. The SMILES string of the molecule is C/C=C\C(=C/C)n1nc(C(=O)N(C(O)(O)O)C2(COC(O)(O)O)COC2)c2c1-c1cc(CC(C)C)c(O)cc1BC2. The van der Waals surface area contributed by atoms with Crippen LogP contribution in [0.15, 0.2) is 30.4 Å². The van der Waals surface area contributed by atoms with E-state index < -0.39 is 30.3 Å². The molecular weight excluding hydrogens is 537 g/mol. The molecule has 0 saturated carbocycles. The highest BCUT2D eigenvalue weighted by Gasteiger charge is 2.56. The molecule has 13 nitrogen and oxygen atoms in total. The highest BCUT2D eigenvalue weighted by atomic mass is 16.9. The Balaban J connectivity index is 1.91. The second-order valence-electron chi connectivity index (χ2n) is 10.9. The van der Waals surface area contributed by atoms with Crippen molar-refractivity contribution in [2.45, 2.75) is 58.2 Å². The number of benzene rings is 1. The molecule has 1 amide bonds. The summed E-state index contributed by atoms with van der Waals surface area (Å²) in [5, 5.41) is 74.0. The van der Waals surface area contributed by atoms with Crippen LogP contribution in [0.4, 0.5) is 0 Å². The molecule has 0 spiro atoms. The number of rotatable bonds is 10. The average Bonchev–Trinajstić information content (AvgIpc) is 3.22. The van der Waals surface area contributed by atoms with Crippen LogP contribution in [0.3, 0.4) is 0 Å². The van der Waals surface area contributed by atoms with E-state index in [0.29, 0.717) is 41.9 Å². The number of ether oxygens (including phenoxy) is 2. The van der Waals surface area contributed by atoms with E-state index in [1.54, 1.807) is 35.9 Å². The molecule has 14 heteroatoms. The van der Waals surface area contributed by atoms with E-state index in [4.69, 9.17) is 4.74 Å². The van der Waals surface area contributed by atoms with E-state index >= 15 is 0 Å². The van der Waals surface area contributed by atoms with Gasteiger partial charge < -0.3 is 45.2 Å². The second-order valence-corrected chi connectivity index (χ2v) is 10.9. The fraction of sp³-hybridized carbons (Fsp3) is 0.481. The predicted molar refractivity (Wildman–Crippen MR) is 148 cm³/mol. The van der Waals surface area contributed by atoms with Gasteiger partial charge in [0.2, 0.25) is 0 Å². The highest BCUT2D eigenvalue weighted by molar-refractivity contribution is 6.56. The Kier molecular flexibility index (Phi) is 8.51. The first-order valence-electron chi connectivity index (χ1n) is 13.3. The molecular formula is C27H36BN3O10. The lowest BCUT2D eigenvalue weighted by molar-refractivity contribution is -0.470. The van der Waals surface area contributed by atoms with Crippen LogP contribution in [0.25, 0.3) is 17.0 Å². The summed E-state index contributed by atoms with van der Waals surface area (Å²) in [6.07, 6.45) is -1.04. The maximum absolute atomic E-state index is 14.1. The Morgan fingerprint density at radius 2 is 1.90 bits per heavy atom. The van der Waals surface area contributed by atoms with Gasteiger partial charge in [0.05, 0.1) is 31.2 Å². The zero-order chi connectivity index (χ0) is 30.3. The largest absolute Gasteiger partial charge is 0.508 e. The number of carbonyl (C=O) groups is 1. The molecule has 222 valence electrons. The van der Waals surface area contributed by atoms with Crippen molar-refractivity contribution < 1.29 is 50.0 Å². The molecule has 2 aromatic rings. The van der Waals surface area contributed by atoms with Gasteiger partial charge >= 0.3 is 12.3 Å². The second kappa shape index (κ2) is 11.3. The molecule has 0 bridgehead atoms. The summed E-state index contributed by atoms with van der Waals surface area (Å²) < 4.78 is 11.3. The highest BCUT2D eigenvalue weighted by Crippen LogP contribution is 2.38. The van der Waals surface area contributed by atoms with Gasteiger partial charge in [-0.15, -0.1) is 0 Å². The number of aromatic nitrogens is 2. The van der Waals surface area contributed by atoms with Crippen molar-refractivity contribution in [1.29, 1.82) is 0 Å². The fourth-order valence-corrected chi connectivity index (χ4v) is 5.37. The van der Waals surface area contributed by atoms with Crippen LogP contribution in [-0.4, -0.2) is 101 Å². The number of carbonyl (C=O) groups excluding carboxylic acids is 1. The zero-order valence-electron chi connectivity index (χ0n) is 23.4. The van der Waals surface area contributed by atoms with E-state index in [1.807, 2.05) is 26.8 Å². The van der Waals surface area contributed by atoms with Gasteiger partial charge in [-0.1, -0.05) is 31.5 Å². The molecule has 1 aromatic carbocycles. The monoisotopic (exact) mass is 573 g/mol. The van der Waals surface area contributed by atoms with Crippen molar-refractivity contribution in [3.63, 3.8) is 0 Å². The summed E-state index contributed by atoms with van der Waals surface area (Å²) >= 11 is 0. The minimum absolute atomic E-state index is 0.180. The van der Waals surface area contributed by atoms with Crippen LogP contribution in [0, 0.1) is 5.92 Å². The minimum atomic E-state index is -3.74. The smallest absolute Gasteiger partial charge is 0.405 e. The zero-order valence-corrected chi connectivity index (χ0v) is 23.4. The molecule has 2 aliphatic heterocycles. The first kappa shape index (κ1) is 30.9. The fourth-order valence-electron chi connectivity index (χ4n) is 5.37. The lowest BCUT2D eigenvalue weighted by Gasteiger charge is -2.51. The molecule has 1 fully saturated rings. The van der Waals surface area contributed by atoms with E-state index in [0.717, 1.165) is 16.6 Å². The molecule has 1 aromatic heterocycles. The Morgan fingerprint density at radius 1 is 1.22 bits per heavy atom. The maximum Gasteiger partial charge on any atom is 0.405 e. The Morgan fingerprint density at radius 3 is 2.41 bits per heavy atom. The van der Waals surface area contributed by atoms with E-state index in [-0.39, 0.29) is 30.6 Å². The molecule has 0 unspecified atom stereocenters. The van der Waals surface area contributed by atoms with Crippen molar-refractivity contribution in [2.75, 3.05) is 19.8 Å². The quantitative estimate of drug-likeness (QED) is 0.103. The van der Waals surface area contributed by atoms with Gasteiger partial charge in [-0.3, -0.25) is 4.79 Å². The lowest BCUT2D eigenvalue weighted by atomic mass is 9.59. The van der Waals surface area contributed by atoms with Crippen LogP contribution < -0.4 is 5.46 Å². The number of phenolic OH excluding ortho intramolecular Hbond substituents is 1. The van der Waals surface area contributed by atoms with E-state index in [9.17, 15) is 40.5 Å². The van der Waals surface area contributed by atoms with Crippen LogP contribution in [0.1, 0.15) is 49.3 Å². The normalized spacial score (nSPS) is 16.8. The van der Waals surface area contributed by atoms with Crippen molar-refractivity contribution in [3.05, 3.63) is 47.2 Å². The van der Waals surface area contributed by atoms with Gasteiger partial charge in [-0.2, -0.15) is 5.10 Å². The Hall–Kier alpha value is -3.08. The van der Waals surface area contributed by atoms with Crippen LogP contribution in [-0.2, 0) is 22.2 Å². The van der Waals surface area contributed by atoms with Crippen molar-refractivity contribution in [3.8, 4) is 17.0 Å². The number of aromatic hydroxyl groups is 1. The molecule has 1 saturated heterocycles. The number of fused-ring (bicyclic) bond motifs is 3. The van der Waals surface area contributed by atoms with Crippen LogP contribution in [0.5, 0.6) is 5.75 Å². The van der Waals surface area contributed by atoms with Crippen molar-refractivity contribution in [1.82, 2.24) is 14.7 Å². The topological polar surface area (TPSA) is 198 Å². The Bertz CT molecular complexity index is 1370.